The SMILES string of the molecule is C/C=c1/cc(NC(=O)CCN)nc/c1=C(N)/C(F)=C/C=C(C)/C(N)=C\N. The Balaban J connectivity index is 3.29. The van der Waals surface area contributed by atoms with Gasteiger partial charge in [-0.3, -0.25) is 4.79 Å². The quantitative estimate of drug-likeness (QED) is 0.444. The fourth-order valence-electron chi connectivity index (χ4n) is 1.98. The standard InChI is InChI=1S/C18H25FN6O/c1-3-12-8-16(25-17(26)6-7-20)24-10-13(12)18(23)14(19)5-4-11(2)15(22)9-21/h3-5,8-10H,6-7,20-23H2,1-2H3,(H,25,26)/b11-4+,12-3-,14-5-,15-9+,18-13+. The van der Waals surface area contributed by atoms with Gasteiger partial charge in [-0.15, -0.1) is 0 Å². The number of pyridine rings is 1. The molecule has 26 heavy (non-hydrogen) atoms. The molecule has 1 aromatic rings. The van der Waals surface area contributed by atoms with Gasteiger partial charge in [-0.05, 0) is 36.8 Å². The summed E-state index contributed by atoms with van der Waals surface area (Å²) in [5.74, 6) is -0.544. The van der Waals surface area contributed by atoms with E-state index in [-0.39, 0.29) is 24.6 Å². The Morgan fingerprint density at radius 1 is 1.35 bits per heavy atom. The summed E-state index contributed by atoms with van der Waals surface area (Å²) in [6.45, 7) is 3.71. The van der Waals surface area contributed by atoms with Gasteiger partial charge in [0.25, 0.3) is 0 Å². The van der Waals surface area contributed by atoms with Crippen molar-refractivity contribution in [2.24, 2.45) is 22.9 Å². The number of nitrogens with two attached hydrogens (primary N) is 4. The highest BCUT2D eigenvalue weighted by Crippen LogP contribution is 2.08. The summed E-state index contributed by atoms with van der Waals surface area (Å²) in [4.78, 5) is 15.7. The molecule has 1 amide bonds. The summed E-state index contributed by atoms with van der Waals surface area (Å²) in [6.07, 6.45) is 7.25. The number of carbonyl (C=O) groups is 1. The fraction of sp³-hybridized carbons (Fsp3) is 0.222. The Morgan fingerprint density at radius 3 is 2.62 bits per heavy atom. The number of anilines is 1. The molecule has 140 valence electrons. The molecule has 1 aromatic heterocycles. The number of allylic oxidation sites excluding steroid dienone is 3. The predicted molar refractivity (Wildman–Crippen MR) is 103 cm³/mol. The summed E-state index contributed by atoms with van der Waals surface area (Å²) in [7, 11) is 0. The molecule has 1 heterocycles. The van der Waals surface area contributed by atoms with Crippen LogP contribution in [0.2, 0.25) is 0 Å². The average molecular weight is 360 g/mol. The van der Waals surface area contributed by atoms with Crippen LogP contribution in [-0.2, 0) is 4.79 Å². The Labute approximate surface area is 151 Å². The lowest BCUT2D eigenvalue weighted by atomic mass is 10.2. The van der Waals surface area contributed by atoms with Crippen LogP contribution in [0.15, 0.2) is 47.7 Å². The van der Waals surface area contributed by atoms with E-state index in [0.29, 0.717) is 27.5 Å². The third-order valence-corrected chi connectivity index (χ3v) is 3.55. The zero-order chi connectivity index (χ0) is 19.7. The molecular formula is C18H25FN6O. The van der Waals surface area contributed by atoms with E-state index in [1.54, 1.807) is 26.0 Å². The maximum absolute atomic E-state index is 14.4. The van der Waals surface area contributed by atoms with Crippen molar-refractivity contribution in [2.45, 2.75) is 20.3 Å². The maximum Gasteiger partial charge on any atom is 0.226 e. The molecule has 0 bridgehead atoms. The molecule has 0 aliphatic heterocycles. The second kappa shape index (κ2) is 10.00. The van der Waals surface area contributed by atoms with Crippen LogP contribution in [0.4, 0.5) is 10.2 Å². The molecule has 0 saturated heterocycles. The largest absolute Gasteiger partial charge is 0.403 e. The summed E-state index contributed by atoms with van der Waals surface area (Å²) >= 11 is 0. The van der Waals surface area contributed by atoms with Gasteiger partial charge in [0.1, 0.15) is 11.6 Å². The number of nitrogens with one attached hydrogen (secondary N) is 1. The summed E-state index contributed by atoms with van der Waals surface area (Å²) in [5.41, 5.74) is 23.1. The highest BCUT2D eigenvalue weighted by molar-refractivity contribution is 5.89. The molecule has 0 aliphatic rings. The summed E-state index contributed by atoms with van der Waals surface area (Å²) < 4.78 is 14.4. The molecule has 0 atom stereocenters. The van der Waals surface area contributed by atoms with Crippen LogP contribution in [-0.4, -0.2) is 17.4 Å². The van der Waals surface area contributed by atoms with E-state index in [1.807, 2.05) is 0 Å². The Bertz CT molecular complexity index is 870. The third-order valence-electron chi connectivity index (χ3n) is 3.55. The summed E-state index contributed by atoms with van der Waals surface area (Å²) in [5, 5.41) is 3.66. The van der Waals surface area contributed by atoms with E-state index < -0.39 is 5.83 Å². The fourth-order valence-corrected chi connectivity index (χ4v) is 1.98. The van der Waals surface area contributed by atoms with Crippen molar-refractivity contribution in [3.63, 3.8) is 0 Å². The van der Waals surface area contributed by atoms with Crippen LogP contribution >= 0.6 is 0 Å². The van der Waals surface area contributed by atoms with Gasteiger partial charge < -0.3 is 28.3 Å². The van der Waals surface area contributed by atoms with Crippen molar-refractivity contribution in [3.05, 3.63) is 58.1 Å². The number of amides is 1. The van der Waals surface area contributed by atoms with Gasteiger partial charge in [-0.25, -0.2) is 9.37 Å². The van der Waals surface area contributed by atoms with E-state index in [2.05, 4.69) is 10.3 Å². The smallest absolute Gasteiger partial charge is 0.226 e. The Morgan fingerprint density at radius 2 is 2.04 bits per heavy atom. The van der Waals surface area contributed by atoms with Gasteiger partial charge >= 0.3 is 0 Å². The molecular weight excluding hydrogens is 335 g/mol. The monoisotopic (exact) mass is 360 g/mol. The van der Waals surface area contributed by atoms with Gasteiger partial charge in [0.2, 0.25) is 5.91 Å². The number of rotatable bonds is 6. The molecule has 0 fully saturated rings. The minimum atomic E-state index is -0.640. The van der Waals surface area contributed by atoms with Gasteiger partial charge in [-0.1, -0.05) is 12.2 Å². The van der Waals surface area contributed by atoms with E-state index in [1.165, 1.54) is 24.5 Å². The number of halogens is 1. The topological polar surface area (TPSA) is 146 Å². The Kier molecular flexibility index (Phi) is 8.04. The molecule has 9 N–H and O–H groups in total. The van der Waals surface area contributed by atoms with Crippen LogP contribution in [0, 0.1) is 0 Å². The summed E-state index contributed by atoms with van der Waals surface area (Å²) in [6, 6.07) is 1.61. The second-order valence-corrected chi connectivity index (χ2v) is 5.43. The molecule has 0 radical (unpaired) electrons. The lowest BCUT2D eigenvalue weighted by Crippen LogP contribution is -2.31. The minimum absolute atomic E-state index is 0.0789. The van der Waals surface area contributed by atoms with Crippen molar-refractivity contribution in [1.29, 1.82) is 0 Å². The van der Waals surface area contributed by atoms with E-state index in [0.717, 1.165) is 0 Å². The molecule has 0 aromatic carbocycles. The van der Waals surface area contributed by atoms with Gasteiger partial charge in [0.15, 0.2) is 0 Å². The number of aromatic nitrogens is 1. The normalized spacial score (nSPS) is 15.1. The van der Waals surface area contributed by atoms with E-state index in [4.69, 9.17) is 22.9 Å². The highest BCUT2D eigenvalue weighted by atomic mass is 19.1. The van der Waals surface area contributed by atoms with Crippen molar-refractivity contribution in [2.75, 3.05) is 11.9 Å². The maximum atomic E-state index is 14.4. The molecule has 1 rings (SSSR count). The van der Waals surface area contributed by atoms with Crippen LogP contribution in [0.25, 0.3) is 11.8 Å². The molecule has 0 spiro atoms. The first-order valence-electron chi connectivity index (χ1n) is 7.98. The lowest BCUT2D eigenvalue weighted by Gasteiger charge is -2.05. The first-order chi connectivity index (χ1) is 12.3. The first kappa shape index (κ1) is 20.9. The third kappa shape index (κ3) is 5.75. The number of carbonyl (C=O) groups excluding carboxylic acids is 1. The van der Waals surface area contributed by atoms with E-state index >= 15 is 0 Å². The zero-order valence-electron chi connectivity index (χ0n) is 14.9. The second-order valence-electron chi connectivity index (χ2n) is 5.43. The van der Waals surface area contributed by atoms with Crippen LogP contribution < -0.4 is 38.7 Å². The lowest BCUT2D eigenvalue weighted by molar-refractivity contribution is -0.116. The van der Waals surface area contributed by atoms with Crippen LogP contribution in [0.3, 0.4) is 0 Å². The van der Waals surface area contributed by atoms with Crippen molar-refractivity contribution < 1.29 is 9.18 Å². The first-order valence-corrected chi connectivity index (χ1v) is 7.98. The zero-order valence-corrected chi connectivity index (χ0v) is 14.9. The van der Waals surface area contributed by atoms with Gasteiger partial charge in [0, 0.05) is 30.6 Å². The molecule has 0 unspecified atom stereocenters. The van der Waals surface area contributed by atoms with Gasteiger partial charge in [-0.2, -0.15) is 0 Å². The van der Waals surface area contributed by atoms with Crippen molar-refractivity contribution in [3.8, 4) is 0 Å². The molecule has 0 saturated carbocycles. The molecule has 8 heteroatoms. The minimum Gasteiger partial charge on any atom is -0.403 e. The Hall–Kier alpha value is -3.13. The number of hydrogen-bond donors (Lipinski definition) is 5. The van der Waals surface area contributed by atoms with E-state index in [9.17, 15) is 9.18 Å². The van der Waals surface area contributed by atoms with Crippen molar-refractivity contribution >= 4 is 23.5 Å². The highest BCUT2D eigenvalue weighted by Gasteiger charge is 2.05. The van der Waals surface area contributed by atoms with Crippen LogP contribution in [0.5, 0.6) is 0 Å². The van der Waals surface area contributed by atoms with Gasteiger partial charge in [0.05, 0.1) is 11.4 Å². The number of hydrogen-bond acceptors (Lipinski definition) is 6. The molecule has 7 nitrogen and oxygen atoms in total. The average Bonchev–Trinajstić information content (AvgIpc) is 2.64. The number of nitrogens with zero attached hydrogens (tertiary/aromatic N) is 1. The predicted octanol–water partition coefficient (Wildman–Crippen LogP) is -0.205. The van der Waals surface area contributed by atoms with Crippen molar-refractivity contribution in [1.82, 2.24) is 4.98 Å². The van der Waals surface area contributed by atoms with Crippen LogP contribution in [0.1, 0.15) is 20.3 Å². The molecule has 0 aliphatic carbocycles.